The van der Waals surface area contributed by atoms with Gasteiger partial charge in [-0.3, -0.25) is 0 Å². The summed E-state index contributed by atoms with van der Waals surface area (Å²) >= 11 is 7.35. The molecule has 0 atom stereocenters. The molecule has 2 aromatic heterocycles. The molecule has 2 aromatic carbocycles. The Labute approximate surface area is 159 Å². The molecule has 0 amide bonds. The van der Waals surface area contributed by atoms with Crippen LogP contribution in [0.1, 0.15) is 10.6 Å². The maximum atomic E-state index is 9.55. The molecule has 6 heteroatoms. The van der Waals surface area contributed by atoms with E-state index in [4.69, 9.17) is 11.6 Å². The number of nitrogens with zero attached hydrogens (tertiary/aromatic N) is 4. The van der Waals surface area contributed by atoms with E-state index in [0.29, 0.717) is 15.6 Å². The molecular weight excluding hydrogens is 364 g/mol. The predicted molar refractivity (Wildman–Crippen MR) is 107 cm³/mol. The van der Waals surface area contributed by atoms with Gasteiger partial charge in [0.2, 0.25) is 0 Å². The Morgan fingerprint density at radius 3 is 2.65 bits per heavy atom. The van der Waals surface area contributed by atoms with Crippen molar-refractivity contribution in [1.82, 2.24) is 14.5 Å². The van der Waals surface area contributed by atoms with Gasteiger partial charge in [-0.15, -0.1) is 11.3 Å². The molecule has 0 saturated carbocycles. The van der Waals surface area contributed by atoms with Crippen LogP contribution < -0.4 is 0 Å². The monoisotopic (exact) mass is 376 g/mol. The topological polar surface area (TPSA) is 54.5 Å². The molecule has 0 bridgehead atoms. The van der Waals surface area contributed by atoms with Crippen LogP contribution in [0.4, 0.5) is 0 Å². The summed E-state index contributed by atoms with van der Waals surface area (Å²) in [6.45, 7) is 0. The molecule has 0 aliphatic carbocycles. The molecular formula is C20H13ClN4S. The number of allylic oxidation sites excluding steroid dienone is 1. The Morgan fingerprint density at radius 1 is 1.15 bits per heavy atom. The lowest BCUT2D eigenvalue weighted by molar-refractivity contribution is 0.952. The number of nitriles is 1. The van der Waals surface area contributed by atoms with E-state index in [2.05, 4.69) is 16.0 Å². The van der Waals surface area contributed by atoms with Crippen molar-refractivity contribution in [3.63, 3.8) is 0 Å². The number of fused-ring (bicyclic) bond motifs is 1. The zero-order chi connectivity index (χ0) is 18.1. The highest BCUT2D eigenvalue weighted by Crippen LogP contribution is 2.28. The van der Waals surface area contributed by atoms with Crippen LogP contribution in [0.3, 0.4) is 0 Å². The van der Waals surface area contributed by atoms with Crippen molar-refractivity contribution >= 4 is 45.6 Å². The fourth-order valence-electron chi connectivity index (χ4n) is 2.74. The van der Waals surface area contributed by atoms with Gasteiger partial charge in [-0.05, 0) is 35.9 Å². The van der Waals surface area contributed by atoms with Gasteiger partial charge in [-0.2, -0.15) is 5.26 Å². The van der Waals surface area contributed by atoms with Crippen molar-refractivity contribution < 1.29 is 0 Å². The lowest BCUT2D eigenvalue weighted by Gasteiger charge is -1.98. The van der Waals surface area contributed by atoms with Gasteiger partial charge in [0, 0.05) is 17.5 Å². The molecule has 4 aromatic rings. The molecule has 0 saturated heterocycles. The minimum Gasteiger partial charge on any atom is -0.326 e. The number of aromatic nitrogens is 3. The number of aryl methyl sites for hydroxylation is 1. The average molecular weight is 377 g/mol. The highest BCUT2D eigenvalue weighted by molar-refractivity contribution is 7.11. The highest BCUT2D eigenvalue weighted by Gasteiger charge is 2.14. The second-order valence-corrected chi connectivity index (χ2v) is 7.04. The molecule has 2 heterocycles. The molecule has 126 valence electrons. The first-order valence-electron chi connectivity index (χ1n) is 7.91. The first kappa shape index (κ1) is 16.5. The van der Waals surface area contributed by atoms with Crippen LogP contribution in [-0.2, 0) is 7.05 Å². The number of thiazole rings is 1. The molecule has 4 rings (SSSR count). The lowest BCUT2D eigenvalue weighted by atomic mass is 10.1. The van der Waals surface area contributed by atoms with Crippen molar-refractivity contribution in [3.8, 4) is 17.6 Å². The quantitative estimate of drug-likeness (QED) is 0.449. The summed E-state index contributed by atoms with van der Waals surface area (Å²) in [5.41, 5.74) is 4.17. The summed E-state index contributed by atoms with van der Waals surface area (Å²) in [6.07, 6.45) is 1.81. The van der Waals surface area contributed by atoms with Gasteiger partial charge in [-0.1, -0.05) is 35.9 Å². The number of halogens is 1. The van der Waals surface area contributed by atoms with Crippen LogP contribution in [0.2, 0.25) is 5.02 Å². The van der Waals surface area contributed by atoms with E-state index >= 15 is 0 Å². The molecule has 0 spiro atoms. The van der Waals surface area contributed by atoms with E-state index in [-0.39, 0.29) is 0 Å². The van der Waals surface area contributed by atoms with Crippen LogP contribution in [0.25, 0.3) is 34.2 Å². The Bertz CT molecular complexity index is 1160. The Kier molecular flexibility index (Phi) is 4.29. The second kappa shape index (κ2) is 6.75. The third-order valence-electron chi connectivity index (χ3n) is 4.05. The zero-order valence-electron chi connectivity index (χ0n) is 13.8. The average Bonchev–Trinajstić information content (AvgIpc) is 3.27. The molecule has 0 N–H and O–H groups in total. The van der Waals surface area contributed by atoms with Gasteiger partial charge >= 0.3 is 0 Å². The van der Waals surface area contributed by atoms with Crippen LogP contribution in [0.15, 0.2) is 53.9 Å². The first-order chi connectivity index (χ1) is 12.7. The third-order valence-corrected chi connectivity index (χ3v) is 5.18. The third kappa shape index (κ3) is 3.01. The van der Waals surface area contributed by atoms with Crippen molar-refractivity contribution in [2.24, 2.45) is 7.05 Å². The summed E-state index contributed by atoms with van der Waals surface area (Å²) in [5.74, 6) is 0.789. The van der Waals surface area contributed by atoms with E-state index in [9.17, 15) is 5.26 Å². The van der Waals surface area contributed by atoms with E-state index < -0.39 is 0 Å². The summed E-state index contributed by atoms with van der Waals surface area (Å²) in [5, 5.41) is 12.8. The molecule has 0 unspecified atom stereocenters. The van der Waals surface area contributed by atoms with Crippen molar-refractivity contribution in [2.45, 2.75) is 0 Å². The van der Waals surface area contributed by atoms with E-state index in [0.717, 1.165) is 28.1 Å². The van der Waals surface area contributed by atoms with Gasteiger partial charge < -0.3 is 4.57 Å². The van der Waals surface area contributed by atoms with Gasteiger partial charge in [0.1, 0.15) is 16.8 Å². The molecule has 4 nitrogen and oxygen atoms in total. The Balaban J connectivity index is 1.73. The van der Waals surface area contributed by atoms with Crippen LogP contribution in [0, 0.1) is 11.3 Å². The number of benzene rings is 2. The standard InChI is InChI=1S/C20H13ClN4S/c1-25-18-5-3-2-4-16(18)23-19(25)17-12-26-20(24-17)14(11-22)10-13-6-8-15(21)9-7-13/h2-10,12H,1H3/b14-10-. The summed E-state index contributed by atoms with van der Waals surface area (Å²) in [6, 6.07) is 17.5. The smallest absolute Gasteiger partial charge is 0.160 e. The Hall–Kier alpha value is -2.94. The molecule has 0 aliphatic heterocycles. The fourth-order valence-corrected chi connectivity index (χ4v) is 3.63. The second-order valence-electron chi connectivity index (χ2n) is 5.74. The van der Waals surface area contributed by atoms with E-state index in [1.807, 2.05) is 59.5 Å². The summed E-state index contributed by atoms with van der Waals surface area (Å²) in [4.78, 5) is 9.30. The van der Waals surface area contributed by atoms with Crippen molar-refractivity contribution in [1.29, 1.82) is 5.26 Å². The van der Waals surface area contributed by atoms with E-state index in [1.54, 1.807) is 12.1 Å². The van der Waals surface area contributed by atoms with Crippen LogP contribution in [-0.4, -0.2) is 14.5 Å². The molecule has 0 fully saturated rings. The Morgan fingerprint density at radius 2 is 1.92 bits per heavy atom. The fraction of sp³-hybridized carbons (Fsp3) is 0.0500. The minimum absolute atomic E-state index is 0.516. The number of rotatable bonds is 3. The lowest BCUT2D eigenvalue weighted by Crippen LogP contribution is -1.93. The van der Waals surface area contributed by atoms with Crippen molar-refractivity contribution in [2.75, 3.05) is 0 Å². The summed E-state index contributed by atoms with van der Waals surface area (Å²) in [7, 11) is 1.97. The van der Waals surface area contributed by atoms with Crippen molar-refractivity contribution in [3.05, 3.63) is 69.5 Å². The van der Waals surface area contributed by atoms with Gasteiger partial charge in [-0.25, -0.2) is 9.97 Å². The summed E-state index contributed by atoms with van der Waals surface area (Å²) < 4.78 is 2.02. The minimum atomic E-state index is 0.516. The molecule has 0 radical (unpaired) electrons. The number of hydrogen-bond donors (Lipinski definition) is 0. The normalized spacial score (nSPS) is 11.7. The SMILES string of the molecule is Cn1c(-c2csc(/C(C#N)=C\c3ccc(Cl)cc3)n2)nc2ccccc21. The predicted octanol–water partition coefficient (Wildman–Crippen LogP) is 5.41. The number of hydrogen-bond acceptors (Lipinski definition) is 4. The van der Waals surface area contributed by atoms with Crippen LogP contribution in [0.5, 0.6) is 0 Å². The number of para-hydroxylation sites is 2. The maximum Gasteiger partial charge on any atom is 0.160 e. The van der Waals surface area contributed by atoms with Gasteiger partial charge in [0.05, 0.1) is 16.6 Å². The van der Waals surface area contributed by atoms with Gasteiger partial charge in [0.15, 0.2) is 5.82 Å². The van der Waals surface area contributed by atoms with Gasteiger partial charge in [0.25, 0.3) is 0 Å². The molecule has 26 heavy (non-hydrogen) atoms. The number of imidazole rings is 1. The van der Waals surface area contributed by atoms with Crippen LogP contribution >= 0.6 is 22.9 Å². The maximum absolute atomic E-state index is 9.55. The largest absolute Gasteiger partial charge is 0.326 e. The first-order valence-corrected chi connectivity index (χ1v) is 9.16. The van der Waals surface area contributed by atoms with E-state index in [1.165, 1.54) is 11.3 Å². The molecule has 0 aliphatic rings. The highest BCUT2D eigenvalue weighted by atomic mass is 35.5. The zero-order valence-corrected chi connectivity index (χ0v) is 15.4.